The first kappa shape index (κ1) is 17.3. The van der Waals surface area contributed by atoms with E-state index in [1.54, 1.807) is 0 Å². The molecule has 1 heterocycles. The van der Waals surface area contributed by atoms with E-state index in [0.29, 0.717) is 12.0 Å². The van der Waals surface area contributed by atoms with Gasteiger partial charge in [-0.3, -0.25) is 0 Å². The summed E-state index contributed by atoms with van der Waals surface area (Å²) >= 11 is 3.57. The smallest absolute Gasteiger partial charge is 0.228 e. The summed E-state index contributed by atoms with van der Waals surface area (Å²) in [5.74, 6) is 1.52. The van der Waals surface area contributed by atoms with Gasteiger partial charge in [0, 0.05) is 13.6 Å². The number of hydrogen-bond acceptors (Lipinski definition) is 3. The third-order valence-corrected chi connectivity index (χ3v) is 4.81. The van der Waals surface area contributed by atoms with E-state index in [9.17, 15) is 0 Å². The fourth-order valence-corrected chi connectivity index (χ4v) is 2.91. The van der Waals surface area contributed by atoms with E-state index in [1.807, 2.05) is 31.3 Å². The Balaban J connectivity index is 2.07. The Bertz CT molecular complexity index is 525. The standard InChI is InChI=1S/C17H26BrN3O/c1-5-21(4)11-19-16-10-15(18)17(20-13(16)3)22-14-8-6-12(2)7-9-14/h10-12,14H,5-9H2,1-4H3/b19-11+/t12-,14-. The van der Waals surface area contributed by atoms with E-state index in [2.05, 4.69) is 39.8 Å². The molecule has 1 aliphatic carbocycles. The Morgan fingerprint density at radius 2 is 2.09 bits per heavy atom. The van der Waals surface area contributed by atoms with Crippen LogP contribution in [0, 0.1) is 12.8 Å². The molecule has 2 rings (SSSR count). The van der Waals surface area contributed by atoms with Crippen LogP contribution in [0.1, 0.15) is 45.2 Å². The molecule has 5 heteroatoms. The van der Waals surface area contributed by atoms with Gasteiger partial charge >= 0.3 is 0 Å². The van der Waals surface area contributed by atoms with Crippen molar-refractivity contribution in [3.63, 3.8) is 0 Å². The van der Waals surface area contributed by atoms with Crippen LogP contribution in [0.4, 0.5) is 5.69 Å². The summed E-state index contributed by atoms with van der Waals surface area (Å²) in [5.41, 5.74) is 1.76. The maximum Gasteiger partial charge on any atom is 0.228 e. The van der Waals surface area contributed by atoms with Crippen LogP contribution in [0.15, 0.2) is 15.5 Å². The van der Waals surface area contributed by atoms with Crippen molar-refractivity contribution in [3.05, 3.63) is 16.2 Å². The molecular weight excluding hydrogens is 342 g/mol. The SMILES string of the molecule is CCN(C)/C=N/c1cc(Br)c(O[C@H]2CC[C@H](C)CC2)nc1C. The Hall–Kier alpha value is -1.10. The molecule has 0 atom stereocenters. The zero-order valence-corrected chi connectivity index (χ0v) is 15.6. The van der Waals surface area contributed by atoms with Crippen LogP contribution in [0.2, 0.25) is 0 Å². The van der Waals surface area contributed by atoms with Crippen LogP contribution in [-0.2, 0) is 0 Å². The van der Waals surface area contributed by atoms with Crippen LogP contribution in [0.25, 0.3) is 0 Å². The van der Waals surface area contributed by atoms with Crippen molar-refractivity contribution in [1.29, 1.82) is 0 Å². The number of hydrogen-bond donors (Lipinski definition) is 0. The van der Waals surface area contributed by atoms with Gasteiger partial charge in [0.15, 0.2) is 0 Å². The second-order valence-electron chi connectivity index (χ2n) is 6.20. The van der Waals surface area contributed by atoms with Crippen LogP contribution >= 0.6 is 15.9 Å². The molecule has 122 valence electrons. The monoisotopic (exact) mass is 367 g/mol. The highest BCUT2D eigenvalue weighted by Gasteiger charge is 2.21. The molecule has 1 fully saturated rings. The Morgan fingerprint density at radius 1 is 1.41 bits per heavy atom. The van der Waals surface area contributed by atoms with E-state index in [1.165, 1.54) is 12.8 Å². The summed E-state index contributed by atoms with van der Waals surface area (Å²) in [6.45, 7) is 7.31. The highest BCUT2D eigenvalue weighted by molar-refractivity contribution is 9.10. The number of ether oxygens (including phenoxy) is 1. The van der Waals surface area contributed by atoms with Gasteiger partial charge in [-0.05, 0) is 67.4 Å². The second kappa shape index (κ2) is 7.95. The lowest BCUT2D eigenvalue weighted by Crippen LogP contribution is -2.23. The fraction of sp³-hybridized carbons (Fsp3) is 0.647. The predicted octanol–water partition coefficient (Wildman–Crippen LogP) is 4.72. The summed E-state index contributed by atoms with van der Waals surface area (Å²) in [7, 11) is 2.00. The molecule has 0 bridgehead atoms. The highest BCUT2D eigenvalue weighted by Crippen LogP contribution is 2.33. The number of rotatable bonds is 5. The van der Waals surface area contributed by atoms with Gasteiger partial charge in [-0.2, -0.15) is 0 Å². The second-order valence-corrected chi connectivity index (χ2v) is 7.05. The van der Waals surface area contributed by atoms with E-state index in [4.69, 9.17) is 4.74 Å². The van der Waals surface area contributed by atoms with Gasteiger partial charge in [0.05, 0.1) is 22.2 Å². The van der Waals surface area contributed by atoms with Gasteiger partial charge in [-0.15, -0.1) is 0 Å². The summed E-state index contributed by atoms with van der Waals surface area (Å²) in [6, 6.07) is 1.99. The first-order valence-electron chi connectivity index (χ1n) is 8.07. The largest absolute Gasteiger partial charge is 0.474 e. The van der Waals surface area contributed by atoms with E-state index >= 15 is 0 Å². The summed E-state index contributed by atoms with van der Waals surface area (Å²) in [6.07, 6.45) is 6.85. The lowest BCUT2D eigenvalue weighted by atomic mass is 9.89. The van der Waals surface area contributed by atoms with Gasteiger partial charge in [-0.25, -0.2) is 9.98 Å². The lowest BCUT2D eigenvalue weighted by Gasteiger charge is -2.26. The molecule has 1 saturated carbocycles. The van der Waals surface area contributed by atoms with Crippen molar-refractivity contribution in [2.75, 3.05) is 13.6 Å². The molecule has 4 nitrogen and oxygen atoms in total. The molecule has 0 amide bonds. The molecule has 0 N–H and O–H groups in total. The topological polar surface area (TPSA) is 37.7 Å². The van der Waals surface area contributed by atoms with Gasteiger partial charge in [0.1, 0.15) is 6.10 Å². The summed E-state index contributed by atoms with van der Waals surface area (Å²) in [4.78, 5) is 11.1. The lowest BCUT2D eigenvalue weighted by molar-refractivity contribution is 0.129. The number of aromatic nitrogens is 1. The molecule has 1 aliphatic rings. The van der Waals surface area contributed by atoms with Crippen LogP contribution in [0.5, 0.6) is 5.88 Å². The number of pyridine rings is 1. The fourth-order valence-electron chi connectivity index (χ4n) is 2.51. The molecule has 0 unspecified atom stereocenters. The maximum atomic E-state index is 6.10. The Kier molecular flexibility index (Phi) is 6.24. The van der Waals surface area contributed by atoms with Crippen molar-refractivity contribution in [2.24, 2.45) is 10.9 Å². The molecule has 0 radical (unpaired) electrons. The van der Waals surface area contributed by atoms with Gasteiger partial charge in [-0.1, -0.05) is 6.92 Å². The molecule has 1 aromatic rings. The third-order valence-electron chi connectivity index (χ3n) is 4.24. The number of aliphatic imine (C=N–C) groups is 1. The average molecular weight is 368 g/mol. The maximum absolute atomic E-state index is 6.10. The quantitative estimate of drug-likeness (QED) is 0.557. The number of nitrogens with zero attached hydrogens (tertiary/aromatic N) is 3. The normalized spacial score (nSPS) is 22.0. The zero-order chi connectivity index (χ0) is 16.1. The first-order valence-corrected chi connectivity index (χ1v) is 8.87. The van der Waals surface area contributed by atoms with Crippen LogP contribution in [-0.4, -0.2) is 35.9 Å². The number of aryl methyl sites for hydroxylation is 1. The minimum absolute atomic E-state index is 0.292. The zero-order valence-electron chi connectivity index (χ0n) is 14.0. The molecule has 0 aliphatic heterocycles. The Labute approximate surface area is 142 Å². The van der Waals surface area contributed by atoms with Crippen molar-refractivity contribution in [3.8, 4) is 5.88 Å². The van der Waals surface area contributed by atoms with Crippen molar-refractivity contribution >= 4 is 28.0 Å². The molecule has 0 saturated heterocycles. The molecule has 0 spiro atoms. The predicted molar refractivity (Wildman–Crippen MR) is 95.2 cm³/mol. The summed E-state index contributed by atoms with van der Waals surface area (Å²) < 4.78 is 6.97. The van der Waals surface area contributed by atoms with Gasteiger partial charge < -0.3 is 9.64 Å². The van der Waals surface area contributed by atoms with E-state index in [-0.39, 0.29) is 0 Å². The molecule has 22 heavy (non-hydrogen) atoms. The van der Waals surface area contributed by atoms with Crippen LogP contribution < -0.4 is 4.74 Å². The minimum Gasteiger partial charge on any atom is -0.474 e. The first-order chi connectivity index (χ1) is 10.5. The van der Waals surface area contributed by atoms with Gasteiger partial charge in [0.2, 0.25) is 5.88 Å². The van der Waals surface area contributed by atoms with Crippen molar-refractivity contribution in [2.45, 2.75) is 52.6 Å². The van der Waals surface area contributed by atoms with Crippen LogP contribution in [0.3, 0.4) is 0 Å². The summed E-state index contributed by atoms with van der Waals surface area (Å²) in [5, 5.41) is 0. The average Bonchev–Trinajstić information content (AvgIpc) is 2.51. The van der Waals surface area contributed by atoms with E-state index in [0.717, 1.165) is 41.2 Å². The molecule has 0 aromatic carbocycles. The molecule has 1 aromatic heterocycles. The number of halogens is 1. The Morgan fingerprint density at radius 3 is 2.73 bits per heavy atom. The third kappa shape index (κ3) is 4.70. The van der Waals surface area contributed by atoms with Crippen molar-refractivity contribution in [1.82, 2.24) is 9.88 Å². The van der Waals surface area contributed by atoms with Crippen molar-refractivity contribution < 1.29 is 4.74 Å². The van der Waals surface area contributed by atoms with Gasteiger partial charge in [0.25, 0.3) is 0 Å². The molecular formula is C17H26BrN3O. The highest BCUT2D eigenvalue weighted by atomic mass is 79.9. The van der Waals surface area contributed by atoms with E-state index < -0.39 is 0 Å². The minimum atomic E-state index is 0.292.